The van der Waals surface area contributed by atoms with Gasteiger partial charge in [-0.15, -0.1) is 0 Å². The number of carbonyl (C=O) groups is 1. The third-order valence-electron chi connectivity index (χ3n) is 5.61. The van der Waals surface area contributed by atoms with E-state index in [0.717, 1.165) is 35.9 Å². The van der Waals surface area contributed by atoms with Crippen molar-refractivity contribution in [1.29, 1.82) is 0 Å². The minimum atomic E-state index is 0.0417. The molecule has 0 aromatic heterocycles. The summed E-state index contributed by atoms with van der Waals surface area (Å²) in [6.45, 7) is 9.42. The second-order valence-electron chi connectivity index (χ2n) is 8.88. The van der Waals surface area contributed by atoms with Crippen molar-refractivity contribution in [3.63, 3.8) is 0 Å². The van der Waals surface area contributed by atoms with Crippen LogP contribution in [0.25, 0.3) is 10.8 Å². The fraction of sp³-hybridized carbons (Fsp3) is 0.393. The maximum Gasteiger partial charge on any atom is 0.214 e. The minimum Gasteiger partial charge on any atom is -0.488 e. The molecule has 1 N–H and O–H groups in total. The number of nitrogens with zero attached hydrogens (tertiary/aromatic N) is 1. The molecule has 1 unspecified atom stereocenters. The highest BCUT2D eigenvalue weighted by molar-refractivity contribution is 7.98. The number of aliphatic hydroxyl groups is 1. The van der Waals surface area contributed by atoms with E-state index < -0.39 is 0 Å². The molecule has 1 aliphatic rings. The van der Waals surface area contributed by atoms with E-state index in [1.165, 1.54) is 16.5 Å². The lowest BCUT2D eigenvalue weighted by atomic mass is 9.97. The third kappa shape index (κ3) is 6.75. The number of aryl methyl sites for hydroxylation is 1. The van der Waals surface area contributed by atoms with Gasteiger partial charge in [-0.3, -0.25) is 4.79 Å². The number of rotatable bonds is 5. The highest BCUT2D eigenvalue weighted by Crippen LogP contribution is 2.48. The monoisotopic (exact) mass is 483 g/mol. The van der Waals surface area contributed by atoms with Crippen molar-refractivity contribution in [1.82, 2.24) is 0 Å². The Labute approximate surface area is 208 Å². The molecule has 0 fully saturated rings. The van der Waals surface area contributed by atoms with Gasteiger partial charge >= 0.3 is 0 Å². The van der Waals surface area contributed by atoms with Crippen LogP contribution in [-0.2, 0) is 16.1 Å². The van der Waals surface area contributed by atoms with Gasteiger partial charge in [-0.05, 0) is 56.0 Å². The van der Waals surface area contributed by atoms with Crippen LogP contribution in [0.3, 0.4) is 0 Å². The number of carbonyl (C=O) groups excluding carboxylic acids is 1. The summed E-state index contributed by atoms with van der Waals surface area (Å²) < 4.78 is 11.1. The number of fused-ring (bicyclic) bond motifs is 3. The molecule has 184 valence electrons. The van der Waals surface area contributed by atoms with Crippen molar-refractivity contribution < 1.29 is 19.4 Å². The smallest absolute Gasteiger partial charge is 0.214 e. The van der Waals surface area contributed by atoms with Crippen LogP contribution in [-0.4, -0.2) is 44.1 Å². The second kappa shape index (κ2) is 12.8. The predicted molar refractivity (Wildman–Crippen MR) is 144 cm³/mol. The zero-order chi connectivity index (χ0) is 25.3. The van der Waals surface area contributed by atoms with Gasteiger partial charge in [0.15, 0.2) is 0 Å². The Morgan fingerprint density at radius 1 is 1.12 bits per heavy atom. The molecular formula is C28H37NO4S. The molecule has 1 amide bonds. The molecule has 0 spiro atoms. The number of hydrogen-bond acceptors (Lipinski definition) is 5. The van der Waals surface area contributed by atoms with E-state index in [1.807, 2.05) is 45.0 Å². The normalized spacial score (nSPS) is 14.5. The van der Waals surface area contributed by atoms with Gasteiger partial charge in [0.25, 0.3) is 0 Å². The van der Waals surface area contributed by atoms with Gasteiger partial charge in [0.05, 0.1) is 16.5 Å². The molecule has 0 saturated heterocycles. The van der Waals surface area contributed by atoms with Crippen molar-refractivity contribution in [2.75, 3.05) is 31.9 Å². The number of benzene rings is 3. The standard InChI is InChI=1S/C22H21NO2S.C5H12O.CH4O/c1-15-7-6-10-17-19(25-13-16-8-4-3-5-9-16)11-18-22(21(15)17)20(26-2)12-23(18)14-24;1-5(2,3)6-4;1-2/h3-11,14,20H,12-13H2,1-2H3;1-4H3;2H,1H3. The summed E-state index contributed by atoms with van der Waals surface area (Å²) in [6, 6.07) is 18.5. The molecular weight excluding hydrogens is 446 g/mol. The Bertz CT molecular complexity index is 1060. The van der Waals surface area contributed by atoms with Crippen LogP contribution in [0.4, 0.5) is 5.69 Å². The molecule has 3 aromatic carbocycles. The van der Waals surface area contributed by atoms with Gasteiger partial charge in [-0.1, -0.05) is 48.5 Å². The number of thioether (sulfide) groups is 1. The van der Waals surface area contributed by atoms with Gasteiger partial charge in [0.2, 0.25) is 6.41 Å². The van der Waals surface area contributed by atoms with Crippen LogP contribution in [0.2, 0.25) is 0 Å². The summed E-state index contributed by atoms with van der Waals surface area (Å²) in [4.78, 5) is 13.4. The molecule has 1 atom stereocenters. The molecule has 6 heteroatoms. The van der Waals surface area contributed by atoms with Crippen molar-refractivity contribution in [3.8, 4) is 5.75 Å². The Kier molecular flexibility index (Phi) is 10.4. The quantitative estimate of drug-likeness (QED) is 0.441. The van der Waals surface area contributed by atoms with Crippen LogP contribution in [0.15, 0.2) is 54.6 Å². The van der Waals surface area contributed by atoms with Crippen LogP contribution >= 0.6 is 11.8 Å². The first-order valence-corrected chi connectivity index (χ1v) is 12.6. The number of methoxy groups -OCH3 is 1. The van der Waals surface area contributed by atoms with Gasteiger partial charge in [-0.2, -0.15) is 11.8 Å². The highest BCUT2D eigenvalue weighted by atomic mass is 32.2. The summed E-state index contributed by atoms with van der Waals surface area (Å²) in [5.41, 5.74) is 4.62. The van der Waals surface area contributed by atoms with Gasteiger partial charge in [0, 0.05) is 32.2 Å². The predicted octanol–water partition coefficient (Wildman–Crippen LogP) is 6.15. The SMILES string of the molecule is CO.COC(C)(C)C.CSC1CN(C=O)c2cc(OCc3ccccc3)c3cccc(C)c3c21. The van der Waals surface area contributed by atoms with E-state index in [4.69, 9.17) is 14.6 Å². The highest BCUT2D eigenvalue weighted by Gasteiger charge is 2.31. The molecule has 0 saturated carbocycles. The average molecular weight is 484 g/mol. The van der Waals surface area contributed by atoms with Gasteiger partial charge in [0.1, 0.15) is 12.4 Å². The summed E-state index contributed by atoms with van der Waals surface area (Å²) in [7, 11) is 2.71. The molecule has 4 rings (SSSR count). The van der Waals surface area contributed by atoms with Gasteiger partial charge < -0.3 is 19.5 Å². The molecule has 1 heterocycles. The lowest BCUT2D eigenvalue weighted by Gasteiger charge is -2.17. The zero-order valence-corrected chi connectivity index (χ0v) is 22.1. The van der Waals surface area contributed by atoms with Crippen LogP contribution in [0, 0.1) is 6.92 Å². The number of aliphatic hydroxyl groups excluding tert-OH is 1. The first kappa shape index (κ1) is 27.7. The summed E-state index contributed by atoms with van der Waals surface area (Å²) in [5.74, 6) is 0.833. The fourth-order valence-electron chi connectivity index (χ4n) is 3.72. The van der Waals surface area contributed by atoms with Crippen LogP contribution in [0.5, 0.6) is 5.75 Å². The first-order chi connectivity index (χ1) is 16.3. The third-order valence-corrected chi connectivity index (χ3v) is 6.56. The molecule has 0 bridgehead atoms. The molecule has 0 radical (unpaired) electrons. The lowest BCUT2D eigenvalue weighted by molar-refractivity contribution is -0.107. The molecule has 34 heavy (non-hydrogen) atoms. The number of amides is 1. The van der Waals surface area contributed by atoms with Crippen LogP contribution < -0.4 is 9.64 Å². The molecule has 0 aliphatic carbocycles. The minimum absolute atomic E-state index is 0.0417. The molecule has 1 aliphatic heterocycles. The largest absolute Gasteiger partial charge is 0.488 e. The van der Waals surface area contributed by atoms with E-state index in [9.17, 15) is 4.79 Å². The van der Waals surface area contributed by atoms with Crippen molar-refractivity contribution in [2.24, 2.45) is 0 Å². The topological polar surface area (TPSA) is 59.0 Å². The maximum absolute atomic E-state index is 11.6. The van der Waals surface area contributed by atoms with E-state index >= 15 is 0 Å². The van der Waals surface area contributed by atoms with E-state index in [-0.39, 0.29) is 5.60 Å². The number of ether oxygens (including phenoxy) is 2. The second-order valence-corrected chi connectivity index (χ2v) is 9.92. The van der Waals surface area contributed by atoms with Crippen molar-refractivity contribution in [3.05, 3.63) is 71.3 Å². The Balaban J connectivity index is 0.000000447. The van der Waals surface area contributed by atoms with E-state index in [2.05, 4.69) is 43.5 Å². The molecule has 5 nitrogen and oxygen atoms in total. The fourth-order valence-corrected chi connectivity index (χ4v) is 4.50. The first-order valence-electron chi connectivity index (χ1n) is 11.3. The maximum atomic E-state index is 11.6. The molecule has 3 aromatic rings. The van der Waals surface area contributed by atoms with Crippen LogP contribution in [0.1, 0.15) is 42.7 Å². The van der Waals surface area contributed by atoms with E-state index in [0.29, 0.717) is 18.4 Å². The number of anilines is 1. The van der Waals surface area contributed by atoms with Crippen molar-refractivity contribution in [2.45, 2.75) is 45.2 Å². The summed E-state index contributed by atoms with van der Waals surface area (Å²) in [5, 5.41) is 9.63. The Hall–Kier alpha value is -2.54. The zero-order valence-electron chi connectivity index (χ0n) is 21.3. The average Bonchev–Trinajstić information content (AvgIpc) is 3.22. The Morgan fingerprint density at radius 2 is 1.76 bits per heavy atom. The number of hydrogen-bond donors (Lipinski definition) is 1. The lowest BCUT2D eigenvalue weighted by Crippen LogP contribution is -2.18. The van der Waals surface area contributed by atoms with E-state index in [1.54, 1.807) is 23.8 Å². The van der Waals surface area contributed by atoms with Gasteiger partial charge in [-0.25, -0.2) is 0 Å². The Morgan fingerprint density at radius 3 is 2.32 bits per heavy atom. The summed E-state index contributed by atoms with van der Waals surface area (Å²) >= 11 is 1.79. The van der Waals surface area contributed by atoms with Crippen molar-refractivity contribution >= 4 is 34.6 Å². The summed E-state index contributed by atoms with van der Waals surface area (Å²) in [6.07, 6.45) is 3.03.